The maximum absolute atomic E-state index is 5.53. The summed E-state index contributed by atoms with van der Waals surface area (Å²) in [5.41, 5.74) is 9.69. The van der Waals surface area contributed by atoms with Gasteiger partial charge < -0.3 is 24.6 Å². The molecule has 0 atom stereocenters. The third kappa shape index (κ3) is 5.25. The first kappa shape index (κ1) is 24.9. The van der Waals surface area contributed by atoms with Gasteiger partial charge in [0.2, 0.25) is 5.75 Å². The number of hydrogen-bond donors (Lipinski definition) is 0. The molecule has 2 aliphatic rings. The van der Waals surface area contributed by atoms with E-state index in [-0.39, 0.29) is 17.1 Å². The number of ether oxygens (including phenoxy) is 3. The van der Waals surface area contributed by atoms with Crippen LogP contribution in [-0.2, 0) is 17.1 Å². The molecule has 0 amide bonds. The van der Waals surface area contributed by atoms with Crippen LogP contribution >= 0.6 is 0 Å². The Morgan fingerprint density at radius 1 is 0.794 bits per heavy atom. The summed E-state index contributed by atoms with van der Waals surface area (Å²) < 4.78 is 16.5. The van der Waals surface area contributed by atoms with E-state index < -0.39 is 0 Å². The van der Waals surface area contributed by atoms with Gasteiger partial charge in [-0.2, -0.15) is 24.4 Å². The van der Waals surface area contributed by atoms with Crippen LogP contribution in [0.5, 0.6) is 17.2 Å². The van der Waals surface area contributed by atoms with Crippen LogP contribution in [0.4, 0.5) is 5.69 Å². The Hall–Kier alpha value is -3.73. The molecule has 0 radical (unpaired) electrons. The number of hydrogen-bond acceptors (Lipinski definition) is 4. The second-order valence-electron chi connectivity index (χ2n) is 7.20. The zero-order chi connectivity index (χ0) is 23.0. The molecular weight excluding hydrogens is 468 g/mol. The monoisotopic (exact) mass is 494 g/mol. The fourth-order valence-electron chi connectivity index (χ4n) is 3.69. The smallest absolute Gasteiger partial charge is 0.596 e. The van der Waals surface area contributed by atoms with E-state index in [0.29, 0.717) is 17.2 Å². The number of rotatable bonds is 5. The predicted molar refractivity (Wildman–Crippen MR) is 134 cm³/mol. The average Bonchev–Trinajstić information content (AvgIpc) is 3.66. The van der Waals surface area contributed by atoms with Gasteiger partial charge in [-0.05, 0) is 41.0 Å². The van der Waals surface area contributed by atoms with Crippen molar-refractivity contribution in [1.29, 1.82) is 0 Å². The van der Waals surface area contributed by atoms with Gasteiger partial charge in [0.05, 0.1) is 21.3 Å². The maximum Gasteiger partial charge on any atom is 2.00 e. The molecule has 3 aromatic carbocycles. The molecule has 0 fully saturated rings. The molecule has 1 aliphatic heterocycles. The summed E-state index contributed by atoms with van der Waals surface area (Å²) in [6.45, 7) is 0. The minimum absolute atomic E-state index is 0. The van der Waals surface area contributed by atoms with Gasteiger partial charge in [-0.15, -0.1) is 0 Å². The first-order valence-electron chi connectivity index (χ1n) is 10.6. The van der Waals surface area contributed by atoms with E-state index in [1.54, 1.807) is 21.3 Å². The Bertz CT molecular complexity index is 1140. The van der Waals surface area contributed by atoms with Crippen LogP contribution in [0.1, 0.15) is 5.56 Å². The van der Waals surface area contributed by atoms with Crippen LogP contribution < -0.4 is 19.2 Å². The van der Waals surface area contributed by atoms with Crippen molar-refractivity contribution in [1.82, 2.24) is 0 Å². The molecule has 0 saturated carbocycles. The molecule has 1 heterocycles. The zero-order valence-electron chi connectivity index (χ0n) is 19.3. The second-order valence-corrected chi connectivity index (χ2v) is 7.20. The maximum atomic E-state index is 5.53. The molecular formula is C28H26FeN2O3. The Morgan fingerprint density at radius 2 is 1.41 bits per heavy atom. The molecule has 34 heavy (non-hydrogen) atoms. The topological polar surface area (TPSA) is 45.0 Å². The van der Waals surface area contributed by atoms with Crippen molar-refractivity contribution in [3.05, 3.63) is 126 Å². The predicted octanol–water partition coefficient (Wildman–Crippen LogP) is 6.65. The Morgan fingerprint density at radius 3 is 1.91 bits per heavy atom. The molecule has 3 aromatic rings. The average molecular weight is 494 g/mol. The summed E-state index contributed by atoms with van der Waals surface area (Å²) in [5, 5.41) is 1.95. The summed E-state index contributed by atoms with van der Waals surface area (Å²) in [6, 6.07) is 24.0. The molecule has 0 aromatic heterocycles. The molecule has 0 unspecified atom stereocenters. The van der Waals surface area contributed by atoms with Gasteiger partial charge in [-0.3, -0.25) is 0 Å². The van der Waals surface area contributed by atoms with E-state index >= 15 is 0 Å². The Balaban J connectivity index is 0.000000481. The van der Waals surface area contributed by atoms with E-state index in [1.165, 1.54) is 0 Å². The SMILES string of the molecule is COc1cc(C2=C[N-]N(c3ccccc3)C2=C2C=CC=C2)cc(OC)c1OC.[Fe+2].c1cc[cH-]c1. The molecule has 0 N–H and O–H groups in total. The third-order valence-electron chi connectivity index (χ3n) is 5.24. The van der Waals surface area contributed by atoms with Crippen molar-refractivity contribution < 1.29 is 31.3 Å². The van der Waals surface area contributed by atoms with Gasteiger partial charge in [0, 0.05) is 11.4 Å². The van der Waals surface area contributed by atoms with Crippen molar-refractivity contribution >= 4 is 11.3 Å². The number of allylic oxidation sites excluding steroid dienone is 6. The second kappa shape index (κ2) is 11.9. The van der Waals surface area contributed by atoms with Gasteiger partial charge in [-0.1, -0.05) is 42.5 Å². The molecule has 0 bridgehead atoms. The summed E-state index contributed by atoms with van der Waals surface area (Å²) in [6.07, 6.45) is 10.1. The molecule has 0 spiro atoms. The van der Waals surface area contributed by atoms with Crippen molar-refractivity contribution in [2.45, 2.75) is 0 Å². The molecule has 5 rings (SSSR count). The first-order valence-corrected chi connectivity index (χ1v) is 10.6. The Kier molecular flexibility index (Phi) is 8.74. The molecule has 0 saturated heterocycles. The number of anilines is 1. The fourth-order valence-corrected chi connectivity index (χ4v) is 3.69. The first-order chi connectivity index (χ1) is 16.3. The summed E-state index contributed by atoms with van der Waals surface area (Å²) in [4.78, 5) is 0. The minimum Gasteiger partial charge on any atom is -0.596 e. The van der Waals surface area contributed by atoms with E-state index in [2.05, 4.69) is 17.6 Å². The van der Waals surface area contributed by atoms with Gasteiger partial charge in [0.15, 0.2) is 11.5 Å². The summed E-state index contributed by atoms with van der Waals surface area (Å²) in [7, 11) is 4.84. The molecule has 174 valence electrons. The normalized spacial score (nSPS) is 13.5. The standard InChI is InChI=1S/C23H21N2O3.C5H5.Fe/c1-26-20-13-17(14-21(27-2)23(20)28-3)19-15-24-25(18-11-5-4-6-12-18)22(19)16-9-7-8-10-16;1-2-4-5-3-1;/h4-15H,1-3H3;1-5H;/q2*-1;+2. The van der Waals surface area contributed by atoms with E-state index in [4.69, 9.17) is 14.2 Å². The molecule has 1 aliphatic carbocycles. The largest absolute Gasteiger partial charge is 2.00 e. The van der Waals surface area contributed by atoms with Gasteiger partial charge in [0.1, 0.15) is 0 Å². The van der Waals surface area contributed by atoms with Crippen molar-refractivity contribution in [3.63, 3.8) is 0 Å². The Labute approximate surface area is 211 Å². The van der Waals surface area contributed by atoms with Crippen LogP contribution in [0.2, 0.25) is 0 Å². The van der Waals surface area contributed by atoms with E-state index in [0.717, 1.165) is 28.1 Å². The summed E-state index contributed by atoms with van der Waals surface area (Å²) in [5.74, 6) is 1.79. The number of para-hydroxylation sites is 1. The number of benzene rings is 2. The minimum atomic E-state index is 0. The zero-order valence-corrected chi connectivity index (χ0v) is 20.4. The van der Waals surface area contributed by atoms with E-state index in [9.17, 15) is 0 Å². The van der Waals surface area contributed by atoms with Crippen LogP contribution in [0, 0.1) is 0 Å². The van der Waals surface area contributed by atoms with Crippen LogP contribution in [0.3, 0.4) is 0 Å². The summed E-state index contributed by atoms with van der Waals surface area (Å²) >= 11 is 0. The fraction of sp³-hybridized carbons (Fsp3) is 0.107. The van der Waals surface area contributed by atoms with Crippen LogP contribution in [-0.4, -0.2) is 21.3 Å². The van der Waals surface area contributed by atoms with E-state index in [1.807, 2.05) is 96.2 Å². The van der Waals surface area contributed by atoms with Gasteiger partial charge in [-0.25, -0.2) is 12.1 Å². The van der Waals surface area contributed by atoms with Gasteiger partial charge >= 0.3 is 17.1 Å². The number of methoxy groups -OCH3 is 3. The van der Waals surface area contributed by atoms with Crippen molar-refractivity contribution in [3.8, 4) is 17.2 Å². The third-order valence-corrected chi connectivity index (χ3v) is 5.24. The van der Waals surface area contributed by atoms with Crippen molar-refractivity contribution in [2.24, 2.45) is 0 Å². The quantitative estimate of drug-likeness (QED) is 0.295. The van der Waals surface area contributed by atoms with Crippen LogP contribution in [0.15, 0.2) is 115 Å². The molecule has 6 heteroatoms. The van der Waals surface area contributed by atoms with Gasteiger partial charge in [0.25, 0.3) is 0 Å². The number of nitrogens with zero attached hydrogens (tertiary/aromatic N) is 2. The van der Waals surface area contributed by atoms with Crippen LogP contribution in [0.25, 0.3) is 11.0 Å². The molecule has 5 nitrogen and oxygen atoms in total. The van der Waals surface area contributed by atoms with Crippen molar-refractivity contribution in [2.75, 3.05) is 26.3 Å².